The Kier molecular flexibility index (Phi) is 3.32. The van der Waals surface area contributed by atoms with E-state index in [0.29, 0.717) is 0 Å². The number of carbonyl (C=O) groups is 2. The zero-order valence-corrected chi connectivity index (χ0v) is 8.93. The molecule has 1 aromatic carbocycles. The molecule has 17 heavy (non-hydrogen) atoms. The Morgan fingerprint density at radius 2 is 1.71 bits per heavy atom. The molecule has 92 valence electrons. The second-order valence-corrected chi connectivity index (χ2v) is 3.04. The summed E-state index contributed by atoms with van der Waals surface area (Å²) in [4.78, 5) is 21.3. The van der Waals surface area contributed by atoms with Crippen molar-refractivity contribution in [2.75, 3.05) is 13.2 Å². The van der Waals surface area contributed by atoms with Gasteiger partial charge >= 0.3 is 12.2 Å². The number of amides is 2. The molecule has 6 nitrogen and oxygen atoms in total. The average molecular weight is 241 g/mol. The van der Waals surface area contributed by atoms with Crippen molar-refractivity contribution in [3.05, 3.63) is 35.8 Å². The van der Waals surface area contributed by atoms with E-state index in [1.54, 1.807) is 0 Å². The fourth-order valence-electron chi connectivity index (χ4n) is 1.08. The maximum Gasteiger partial charge on any atom is 0.404 e. The predicted octanol–water partition coefficient (Wildman–Crippen LogP) is 0.961. The third-order valence-electron chi connectivity index (χ3n) is 1.83. The summed E-state index contributed by atoms with van der Waals surface area (Å²) in [6.45, 7) is -1.00. The van der Waals surface area contributed by atoms with Crippen molar-refractivity contribution in [1.82, 2.24) is 0 Å². The zero-order chi connectivity index (χ0) is 15.3. The van der Waals surface area contributed by atoms with Crippen LogP contribution in [0.15, 0.2) is 30.3 Å². The van der Waals surface area contributed by atoms with E-state index in [-0.39, 0.29) is 17.6 Å². The van der Waals surface area contributed by atoms with Crippen molar-refractivity contribution >= 4 is 12.2 Å². The number of rotatable bonds is 5. The van der Waals surface area contributed by atoms with E-state index >= 15 is 0 Å². The van der Waals surface area contributed by atoms with Crippen LogP contribution in [0.3, 0.4) is 0 Å². The molecule has 4 N–H and O–H groups in total. The summed E-state index contributed by atoms with van der Waals surface area (Å²) in [5.74, 6) is -1.70. The van der Waals surface area contributed by atoms with Crippen molar-refractivity contribution < 1.29 is 23.2 Å². The Bertz CT molecular complexity index is 486. The van der Waals surface area contributed by atoms with Gasteiger partial charge in [0.2, 0.25) is 0 Å². The molecule has 0 bridgehead atoms. The summed E-state index contributed by atoms with van der Waals surface area (Å²) in [5.41, 5.74) is 9.86. The number of hydrogen-bond donors (Lipinski definition) is 2. The lowest BCUT2D eigenvalue weighted by molar-refractivity contribution is 0.116. The van der Waals surface area contributed by atoms with Crippen LogP contribution in [0.2, 0.25) is 0 Å². The fraction of sp³-hybridized carbons (Fsp3) is 0.273. The molecular weight excluding hydrogens is 224 g/mol. The van der Waals surface area contributed by atoms with Gasteiger partial charge in [-0.3, -0.25) is 0 Å². The SMILES string of the molecule is [2H]c1cc([2H])cc(C([2H])(COC(N)=O)COC(N)=O)c1. The summed E-state index contributed by atoms with van der Waals surface area (Å²) in [6.07, 6.45) is -2.18. The summed E-state index contributed by atoms with van der Waals surface area (Å²) in [7, 11) is 0. The van der Waals surface area contributed by atoms with E-state index < -0.39 is 31.3 Å². The number of ether oxygens (including phenoxy) is 2. The van der Waals surface area contributed by atoms with Gasteiger partial charge in [0.15, 0.2) is 0 Å². The minimum Gasteiger partial charge on any atom is -0.449 e. The average Bonchev–Trinajstić information content (AvgIpc) is 2.32. The van der Waals surface area contributed by atoms with Crippen LogP contribution in [0, 0.1) is 0 Å². The first kappa shape index (κ1) is 8.86. The van der Waals surface area contributed by atoms with Gasteiger partial charge in [-0.25, -0.2) is 9.59 Å². The number of nitrogens with two attached hydrogens (primary N) is 2. The summed E-state index contributed by atoms with van der Waals surface area (Å²) < 4.78 is 32.4. The van der Waals surface area contributed by atoms with Crippen LogP contribution >= 0.6 is 0 Å². The van der Waals surface area contributed by atoms with Crippen LogP contribution in [0.5, 0.6) is 0 Å². The van der Waals surface area contributed by atoms with Crippen molar-refractivity contribution in [3.63, 3.8) is 0 Å². The molecule has 0 aliphatic carbocycles. The third-order valence-corrected chi connectivity index (χ3v) is 1.83. The highest BCUT2D eigenvalue weighted by Gasteiger charge is 2.15. The van der Waals surface area contributed by atoms with Gasteiger partial charge in [0.05, 0.1) is 8.64 Å². The highest BCUT2D eigenvalue weighted by molar-refractivity contribution is 5.65. The Labute approximate surface area is 103 Å². The quantitative estimate of drug-likeness (QED) is 0.800. The van der Waals surface area contributed by atoms with Gasteiger partial charge in [0, 0.05) is 1.37 Å². The second-order valence-electron chi connectivity index (χ2n) is 3.04. The standard InChI is InChI=1S/C11H14N2O4/c12-10(14)16-6-9(7-17-11(13)15)8-4-2-1-3-5-8/h1-5,9H,6-7H2,(H2,12,14)(H2,13,15)/i2D,3D,9D. The lowest BCUT2D eigenvalue weighted by Gasteiger charge is -2.16. The molecule has 1 rings (SSSR count). The molecule has 0 spiro atoms. The van der Waals surface area contributed by atoms with Crippen LogP contribution in [0.25, 0.3) is 0 Å². The monoisotopic (exact) mass is 241 g/mol. The van der Waals surface area contributed by atoms with Gasteiger partial charge in [-0.05, 0) is 5.56 Å². The number of hydrogen-bond acceptors (Lipinski definition) is 4. The van der Waals surface area contributed by atoms with E-state index in [0.717, 1.165) is 0 Å². The Morgan fingerprint density at radius 3 is 2.12 bits per heavy atom. The fourth-order valence-corrected chi connectivity index (χ4v) is 1.08. The van der Waals surface area contributed by atoms with Crippen molar-refractivity contribution in [1.29, 1.82) is 0 Å². The van der Waals surface area contributed by atoms with Crippen LogP contribution in [0.4, 0.5) is 9.59 Å². The van der Waals surface area contributed by atoms with E-state index in [4.69, 9.17) is 15.6 Å². The molecule has 6 heteroatoms. The molecule has 0 fully saturated rings. The summed E-state index contributed by atoms with van der Waals surface area (Å²) >= 11 is 0. The van der Waals surface area contributed by atoms with Gasteiger partial charge in [0.25, 0.3) is 0 Å². The van der Waals surface area contributed by atoms with E-state index in [2.05, 4.69) is 9.47 Å². The van der Waals surface area contributed by atoms with Gasteiger partial charge in [0.1, 0.15) is 13.2 Å². The first-order valence-corrected chi connectivity index (χ1v) is 4.66. The molecule has 2 amide bonds. The van der Waals surface area contributed by atoms with Crippen molar-refractivity contribution in [2.45, 2.75) is 5.89 Å². The molecule has 0 saturated carbocycles. The maximum absolute atomic E-state index is 10.7. The topological polar surface area (TPSA) is 105 Å². The minimum atomic E-state index is -1.70. The molecule has 0 unspecified atom stereocenters. The van der Waals surface area contributed by atoms with Gasteiger partial charge in [-0.2, -0.15) is 0 Å². The summed E-state index contributed by atoms with van der Waals surface area (Å²) in [5, 5.41) is 0. The van der Waals surface area contributed by atoms with Crippen molar-refractivity contribution in [3.8, 4) is 0 Å². The maximum atomic E-state index is 10.7. The smallest absolute Gasteiger partial charge is 0.404 e. The minimum absolute atomic E-state index is 0.00211. The van der Waals surface area contributed by atoms with Crippen molar-refractivity contribution in [2.24, 2.45) is 11.5 Å². The highest BCUT2D eigenvalue weighted by Crippen LogP contribution is 2.16. The molecule has 0 saturated heterocycles. The Balaban J connectivity index is 3.06. The molecule has 0 radical (unpaired) electrons. The van der Waals surface area contributed by atoms with E-state index in [1.807, 2.05) is 0 Å². The molecule has 0 aromatic heterocycles. The summed E-state index contributed by atoms with van der Waals surface area (Å²) in [6, 6.07) is 3.89. The Morgan fingerprint density at radius 1 is 1.24 bits per heavy atom. The van der Waals surface area contributed by atoms with Gasteiger partial charge in [-0.1, -0.05) is 30.3 Å². The van der Waals surface area contributed by atoms with Crippen LogP contribution < -0.4 is 11.5 Å². The largest absolute Gasteiger partial charge is 0.449 e. The molecule has 0 aliphatic heterocycles. The second kappa shape index (κ2) is 6.37. The lowest BCUT2D eigenvalue weighted by atomic mass is 10.0. The van der Waals surface area contributed by atoms with E-state index in [1.165, 1.54) is 18.2 Å². The number of benzene rings is 1. The van der Waals surface area contributed by atoms with E-state index in [9.17, 15) is 9.59 Å². The first-order valence-electron chi connectivity index (χ1n) is 6.16. The molecule has 1 aromatic rings. The Hall–Kier alpha value is -2.24. The number of primary amides is 2. The van der Waals surface area contributed by atoms with Crippen LogP contribution in [0.1, 0.15) is 15.6 Å². The zero-order valence-electron chi connectivity index (χ0n) is 11.9. The molecular formula is C11H14N2O4. The number of carbonyl (C=O) groups excluding carboxylic acids is 2. The lowest BCUT2D eigenvalue weighted by Crippen LogP contribution is -2.23. The molecule has 0 aliphatic rings. The first-order chi connectivity index (χ1) is 9.23. The van der Waals surface area contributed by atoms with Crippen LogP contribution in [-0.4, -0.2) is 25.4 Å². The molecule has 0 atom stereocenters. The predicted molar refractivity (Wildman–Crippen MR) is 60.3 cm³/mol. The molecule has 0 heterocycles. The van der Waals surface area contributed by atoms with Gasteiger partial charge in [-0.15, -0.1) is 0 Å². The van der Waals surface area contributed by atoms with Gasteiger partial charge < -0.3 is 20.9 Å². The highest BCUT2D eigenvalue weighted by atomic mass is 16.6. The normalized spacial score (nSPS) is 13.1. The third kappa shape index (κ3) is 4.87. The van der Waals surface area contributed by atoms with Crippen LogP contribution in [-0.2, 0) is 9.47 Å².